The van der Waals surface area contributed by atoms with Crippen molar-refractivity contribution < 1.29 is 9.53 Å². The Kier molecular flexibility index (Phi) is 3.23. The van der Waals surface area contributed by atoms with Gasteiger partial charge in [0.25, 0.3) is 0 Å². The molecule has 21 heavy (non-hydrogen) atoms. The van der Waals surface area contributed by atoms with Crippen molar-refractivity contribution in [2.45, 2.75) is 6.92 Å². The van der Waals surface area contributed by atoms with Crippen molar-refractivity contribution in [3.05, 3.63) is 42.1 Å². The molecule has 0 saturated heterocycles. The zero-order valence-corrected chi connectivity index (χ0v) is 12.1. The quantitative estimate of drug-likeness (QED) is 0.759. The SMILES string of the molecule is Cc1cc(-c2ccccc2)c2c(N)c(OC(N)=O)sc2n1. The van der Waals surface area contributed by atoms with Gasteiger partial charge in [-0.05, 0) is 24.1 Å². The summed E-state index contributed by atoms with van der Waals surface area (Å²) in [6.07, 6.45) is -0.883. The molecule has 0 spiro atoms. The van der Waals surface area contributed by atoms with Crippen LogP contribution in [0.15, 0.2) is 36.4 Å². The van der Waals surface area contributed by atoms with E-state index in [0.29, 0.717) is 5.69 Å². The fourth-order valence-corrected chi connectivity index (χ4v) is 3.26. The number of nitrogens with zero attached hydrogens (tertiary/aromatic N) is 1. The fraction of sp³-hybridized carbons (Fsp3) is 0.0667. The lowest BCUT2D eigenvalue weighted by Gasteiger charge is -2.06. The number of hydrogen-bond acceptors (Lipinski definition) is 5. The highest BCUT2D eigenvalue weighted by molar-refractivity contribution is 7.21. The molecule has 3 aromatic rings. The second kappa shape index (κ2) is 5.06. The average Bonchev–Trinajstić information content (AvgIpc) is 2.74. The summed E-state index contributed by atoms with van der Waals surface area (Å²) in [5, 5.41) is 1.07. The zero-order valence-electron chi connectivity index (χ0n) is 11.3. The summed E-state index contributed by atoms with van der Waals surface area (Å²) < 4.78 is 4.95. The molecular formula is C15H13N3O2S. The summed E-state index contributed by atoms with van der Waals surface area (Å²) >= 11 is 1.22. The molecular weight excluding hydrogens is 286 g/mol. The number of carbonyl (C=O) groups excluding carboxylic acids is 1. The second-order valence-corrected chi connectivity index (χ2v) is 5.54. The average molecular weight is 299 g/mol. The Balaban J connectivity index is 2.29. The maximum atomic E-state index is 11.0. The van der Waals surface area contributed by atoms with Gasteiger partial charge in [0.1, 0.15) is 4.83 Å². The molecule has 0 radical (unpaired) electrons. The van der Waals surface area contributed by atoms with Gasteiger partial charge in [0, 0.05) is 11.1 Å². The molecule has 2 heterocycles. The number of benzene rings is 1. The van der Waals surface area contributed by atoms with Crippen molar-refractivity contribution in [2.75, 3.05) is 5.73 Å². The van der Waals surface area contributed by atoms with E-state index in [2.05, 4.69) is 4.98 Å². The Hall–Kier alpha value is -2.60. The summed E-state index contributed by atoms with van der Waals surface area (Å²) in [6.45, 7) is 1.91. The molecule has 0 aliphatic carbocycles. The number of amides is 1. The molecule has 0 saturated carbocycles. The number of pyridine rings is 1. The van der Waals surface area contributed by atoms with E-state index in [4.69, 9.17) is 16.2 Å². The third-order valence-electron chi connectivity index (χ3n) is 3.07. The summed E-state index contributed by atoms with van der Waals surface area (Å²) in [7, 11) is 0. The van der Waals surface area contributed by atoms with Crippen LogP contribution >= 0.6 is 11.3 Å². The van der Waals surface area contributed by atoms with Crippen LogP contribution < -0.4 is 16.2 Å². The Bertz CT molecular complexity index is 828. The number of nitrogen functional groups attached to an aromatic ring is 1. The Labute approximate surface area is 125 Å². The minimum absolute atomic E-state index is 0.285. The van der Waals surface area contributed by atoms with Crippen LogP contribution in [-0.4, -0.2) is 11.1 Å². The first kappa shape index (κ1) is 13.4. The maximum Gasteiger partial charge on any atom is 0.410 e. The molecule has 106 valence electrons. The molecule has 3 rings (SSSR count). The van der Waals surface area contributed by atoms with Crippen LogP contribution in [0.3, 0.4) is 0 Å². The van der Waals surface area contributed by atoms with Crippen molar-refractivity contribution in [2.24, 2.45) is 5.73 Å². The molecule has 2 aromatic heterocycles. The van der Waals surface area contributed by atoms with Gasteiger partial charge in [-0.15, -0.1) is 0 Å². The number of carbonyl (C=O) groups is 1. The molecule has 0 atom stereocenters. The van der Waals surface area contributed by atoms with E-state index in [1.165, 1.54) is 11.3 Å². The standard InChI is InChI=1S/C15H13N3O2S/c1-8-7-10(9-5-3-2-4-6-9)11-12(16)14(20-15(17)19)21-13(11)18-8/h2-7H,16H2,1H3,(H2,17,19). The van der Waals surface area contributed by atoms with Gasteiger partial charge in [0.15, 0.2) is 0 Å². The van der Waals surface area contributed by atoms with Gasteiger partial charge in [-0.25, -0.2) is 9.78 Å². The fourth-order valence-electron chi connectivity index (χ4n) is 2.24. The summed E-state index contributed by atoms with van der Waals surface area (Å²) in [4.78, 5) is 16.1. The van der Waals surface area contributed by atoms with E-state index in [9.17, 15) is 4.79 Å². The summed E-state index contributed by atoms with van der Waals surface area (Å²) in [6, 6.07) is 11.8. The minimum atomic E-state index is -0.883. The highest BCUT2D eigenvalue weighted by Gasteiger charge is 2.18. The van der Waals surface area contributed by atoms with Crippen LogP contribution in [0, 0.1) is 6.92 Å². The maximum absolute atomic E-state index is 11.0. The van der Waals surface area contributed by atoms with Gasteiger partial charge < -0.3 is 16.2 Å². The van der Waals surface area contributed by atoms with Gasteiger partial charge in [0.05, 0.1) is 5.69 Å². The van der Waals surface area contributed by atoms with Crippen LogP contribution in [0.1, 0.15) is 5.69 Å². The normalized spacial score (nSPS) is 10.7. The molecule has 0 unspecified atom stereocenters. The number of hydrogen-bond donors (Lipinski definition) is 2. The molecule has 4 N–H and O–H groups in total. The van der Waals surface area contributed by atoms with E-state index >= 15 is 0 Å². The van der Waals surface area contributed by atoms with Gasteiger partial charge in [-0.1, -0.05) is 41.7 Å². The summed E-state index contributed by atoms with van der Waals surface area (Å²) in [5.74, 6) is 0. The molecule has 0 aliphatic rings. The molecule has 0 fully saturated rings. The molecule has 0 bridgehead atoms. The molecule has 0 aliphatic heterocycles. The molecule has 6 heteroatoms. The van der Waals surface area contributed by atoms with Crippen LogP contribution in [0.25, 0.3) is 21.3 Å². The number of rotatable bonds is 2. The highest BCUT2D eigenvalue weighted by Crippen LogP contribution is 2.44. The second-order valence-electron chi connectivity index (χ2n) is 4.58. The smallest absolute Gasteiger partial charge is 0.397 e. The van der Waals surface area contributed by atoms with Crippen molar-refractivity contribution in [3.63, 3.8) is 0 Å². The predicted octanol–water partition coefficient (Wildman–Crippen LogP) is 3.31. The minimum Gasteiger partial charge on any atom is -0.397 e. The molecule has 1 aromatic carbocycles. The number of thiophene rings is 1. The first-order valence-electron chi connectivity index (χ1n) is 6.28. The number of aryl methyl sites for hydroxylation is 1. The van der Waals surface area contributed by atoms with Gasteiger partial charge in [-0.3, -0.25) is 0 Å². The van der Waals surface area contributed by atoms with E-state index in [1.54, 1.807) is 0 Å². The van der Waals surface area contributed by atoms with Crippen molar-refractivity contribution in [1.29, 1.82) is 0 Å². The predicted molar refractivity (Wildman–Crippen MR) is 84.4 cm³/mol. The number of fused-ring (bicyclic) bond motifs is 1. The van der Waals surface area contributed by atoms with Gasteiger partial charge >= 0.3 is 6.09 Å². The van der Waals surface area contributed by atoms with Crippen LogP contribution in [0.4, 0.5) is 10.5 Å². The first-order valence-corrected chi connectivity index (χ1v) is 7.10. The lowest BCUT2D eigenvalue weighted by molar-refractivity contribution is 0.212. The number of primary amides is 1. The lowest BCUT2D eigenvalue weighted by atomic mass is 10.0. The molecule has 5 nitrogen and oxygen atoms in total. The molecule has 1 amide bonds. The monoisotopic (exact) mass is 299 g/mol. The van der Waals surface area contributed by atoms with Crippen LogP contribution in [-0.2, 0) is 0 Å². The van der Waals surface area contributed by atoms with Crippen LogP contribution in [0.5, 0.6) is 5.06 Å². The largest absolute Gasteiger partial charge is 0.410 e. The van der Waals surface area contributed by atoms with Crippen molar-refractivity contribution >= 4 is 33.3 Å². The van der Waals surface area contributed by atoms with Gasteiger partial charge in [0.2, 0.25) is 5.06 Å². The third kappa shape index (κ3) is 2.41. The Morgan fingerprint density at radius 1 is 1.29 bits per heavy atom. The Morgan fingerprint density at radius 2 is 2.00 bits per heavy atom. The summed E-state index contributed by atoms with van der Waals surface area (Å²) in [5.41, 5.74) is 14.4. The number of aromatic nitrogens is 1. The van der Waals surface area contributed by atoms with Crippen LogP contribution in [0.2, 0.25) is 0 Å². The van der Waals surface area contributed by atoms with E-state index in [1.807, 2.05) is 43.3 Å². The zero-order chi connectivity index (χ0) is 15.0. The van der Waals surface area contributed by atoms with Crippen molar-refractivity contribution in [1.82, 2.24) is 4.98 Å². The highest BCUT2D eigenvalue weighted by atomic mass is 32.1. The topological polar surface area (TPSA) is 91.2 Å². The lowest BCUT2D eigenvalue weighted by Crippen LogP contribution is -2.16. The van der Waals surface area contributed by atoms with E-state index in [0.717, 1.165) is 27.0 Å². The van der Waals surface area contributed by atoms with E-state index in [-0.39, 0.29) is 5.06 Å². The number of anilines is 1. The third-order valence-corrected chi connectivity index (χ3v) is 4.05. The number of ether oxygens (including phenoxy) is 1. The van der Waals surface area contributed by atoms with Gasteiger partial charge in [-0.2, -0.15) is 0 Å². The van der Waals surface area contributed by atoms with E-state index < -0.39 is 6.09 Å². The Morgan fingerprint density at radius 3 is 2.67 bits per heavy atom. The number of nitrogens with two attached hydrogens (primary N) is 2. The first-order chi connectivity index (χ1) is 10.1. The van der Waals surface area contributed by atoms with Crippen molar-refractivity contribution in [3.8, 4) is 16.2 Å².